The van der Waals surface area contributed by atoms with E-state index in [1.807, 2.05) is 0 Å². The Kier molecular flexibility index (Phi) is 7.23. The molecule has 0 saturated carbocycles. The Bertz CT molecular complexity index is 234. The average Bonchev–Trinajstić information content (AvgIpc) is 2.23. The highest BCUT2D eigenvalue weighted by atomic mass is 16.5. The van der Waals surface area contributed by atoms with Crippen LogP contribution in [0.1, 0.15) is 6.92 Å². The molecule has 0 aliphatic carbocycles. The zero-order valence-electron chi connectivity index (χ0n) is 9.65. The maximum absolute atomic E-state index is 11.2. The van der Waals surface area contributed by atoms with Crippen molar-refractivity contribution in [3.8, 4) is 0 Å². The summed E-state index contributed by atoms with van der Waals surface area (Å²) in [7, 11) is 3.03. The van der Waals surface area contributed by atoms with Crippen LogP contribution in [-0.2, 0) is 14.3 Å². The van der Waals surface area contributed by atoms with Gasteiger partial charge in [0.2, 0.25) is 0 Å². The molecule has 16 heavy (non-hydrogen) atoms. The number of aliphatic carboxylic acids is 1. The first-order valence-electron chi connectivity index (χ1n) is 4.80. The molecule has 0 aliphatic heterocycles. The van der Waals surface area contributed by atoms with Crippen LogP contribution in [0.25, 0.3) is 0 Å². The third kappa shape index (κ3) is 6.20. The molecule has 94 valence electrons. The fourth-order valence-electron chi connectivity index (χ4n) is 0.912. The summed E-state index contributed by atoms with van der Waals surface area (Å²) in [6, 6.07) is -1.48. The second kappa shape index (κ2) is 7.89. The molecule has 7 heteroatoms. The number of rotatable bonds is 7. The molecule has 2 atom stereocenters. The molecular weight excluding hydrogens is 216 g/mol. The van der Waals surface area contributed by atoms with Gasteiger partial charge in [-0.2, -0.15) is 0 Å². The van der Waals surface area contributed by atoms with Gasteiger partial charge in [-0.25, -0.2) is 4.79 Å². The molecule has 2 amide bonds. The van der Waals surface area contributed by atoms with Crippen LogP contribution in [-0.4, -0.2) is 56.6 Å². The predicted octanol–water partition coefficient (Wildman–Crippen LogP) is -0.580. The number of carbonyl (C=O) groups excluding carboxylic acids is 1. The minimum atomic E-state index is -1.09. The van der Waals surface area contributed by atoms with E-state index in [9.17, 15) is 9.59 Å². The lowest BCUT2D eigenvalue weighted by atomic mass is 10.3. The SMILES string of the molecule is COCC(CNC(=O)NC(C)C(=O)O)OC. The number of hydrogen-bond acceptors (Lipinski definition) is 4. The van der Waals surface area contributed by atoms with Gasteiger partial charge in [-0.05, 0) is 6.92 Å². The summed E-state index contributed by atoms with van der Waals surface area (Å²) < 4.78 is 9.87. The Balaban J connectivity index is 3.83. The lowest BCUT2D eigenvalue weighted by molar-refractivity contribution is -0.138. The molecule has 0 radical (unpaired) electrons. The first kappa shape index (κ1) is 14.7. The normalized spacial score (nSPS) is 13.9. The van der Waals surface area contributed by atoms with Crippen LogP contribution in [0, 0.1) is 0 Å². The van der Waals surface area contributed by atoms with Gasteiger partial charge < -0.3 is 25.2 Å². The summed E-state index contributed by atoms with van der Waals surface area (Å²) >= 11 is 0. The molecule has 7 nitrogen and oxygen atoms in total. The Morgan fingerprint density at radius 3 is 2.44 bits per heavy atom. The second-order valence-corrected chi connectivity index (χ2v) is 3.23. The monoisotopic (exact) mass is 234 g/mol. The van der Waals surface area contributed by atoms with E-state index in [0.29, 0.717) is 6.61 Å². The van der Waals surface area contributed by atoms with Gasteiger partial charge in [-0.15, -0.1) is 0 Å². The average molecular weight is 234 g/mol. The molecule has 0 aromatic carbocycles. The van der Waals surface area contributed by atoms with E-state index in [2.05, 4.69) is 10.6 Å². The van der Waals surface area contributed by atoms with Crippen LogP contribution >= 0.6 is 0 Å². The number of nitrogens with one attached hydrogen (secondary N) is 2. The standard InChI is InChI=1S/C9H18N2O5/c1-6(8(12)13)11-9(14)10-4-7(16-3)5-15-2/h6-7H,4-5H2,1-3H3,(H,12,13)(H2,10,11,14). The highest BCUT2D eigenvalue weighted by molar-refractivity contribution is 5.82. The maximum atomic E-state index is 11.2. The largest absolute Gasteiger partial charge is 0.480 e. The number of amides is 2. The smallest absolute Gasteiger partial charge is 0.325 e. The third-order valence-corrected chi connectivity index (χ3v) is 1.89. The van der Waals surface area contributed by atoms with Crippen molar-refractivity contribution in [1.29, 1.82) is 0 Å². The summed E-state index contributed by atoms with van der Waals surface area (Å²) in [6.45, 7) is 1.98. The number of ether oxygens (including phenoxy) is 2. The minimum Gasteiger partial charge on any atom is -0.480 e. The van der Waals surface area contributed by atoms with E-state index in [4.69, 9.17) is 14.6 Å². The lowest BCUT2D eigenvalue weighted by Crippen LogP contribution is -2.47. The molecule has 0 bridgehead atoms. The van der Waals surface area contributed by atoms with Gasteiger partial charge in [0.25, 0.3) is 0 Å². The van der Waals surface area contributed by atoms with Crippen LogP contribution in [0.2, 0.25) is 0 Å². The Morgan fingerprint density at radius 1 is 1.38 bits per heavy atom. The summed E-state index contributed by atoms with van der Waals surface area (Å²) in [5.74, 6) is -1.09. The quantitative estimate of drug-likeness (QED) is 0.547. The molecule has 2 unspecified atom stereocenters. The summed E-state index contributed by atoms with van der Waals surface area (Å²) in [5, 5.41) is 13.3. The molecule has 3 N–H and O–H groups in total. The van der Waals surface area contributed by atoms with E-state index in [1.165, 1.54) is 21.1 Å². The molecule has 0 fully saturated rings. The van der Waals surface area contributed by atoms with Gasteiger partial charge in [0.1, 0.15) is 6.04 Å². The van der Waals surface area contributed by atoms with Gasteiger partial charge in [-0.1, -0.05) is 0 Å². The van der Waals surface area contributed by atoms with Crippen molar-refractivity contribution in [3.05, 3.63) is 0 Å². The van der Waals surface area contributed by atoms with Gasteiger partial charge in [0, 0.05) is 20.8 Å². The molecule has 0 heterocycles. The van der Waals surface area contributed by atoms with Gasteiger partial charge >= 0.3 is 12.0 Å². The summed E-state index contributed by atoms with van der Waals surface area (Å²) in [4.78, 5) is 21.6. The molecule has 0 spiro atoms. The lowest BCUT2D eigenvalue weighted by Gasteiger charge is -2.16. The molecule has 0 aliphatic rings. The zero-order valence-corrected chi connectivity index (χ0v) is 9.65. The molecule has 0 aromatic rings. The Hall–Kier alpha value is -1.34. The van der Waals surface area contributed by atoms with Gasteiger partial charge in [0.05, 0.1) is 12.7 Å². The zero-order chi connectivity index (χ0) is 12.6. The molecular formula is C9H18N2O5. The van der Waals surface area contributed by atoms with Crippen molar-refractivity contribution >= 4 is 12.0 Å². The fraction of sp³-hybridized carbons (Fsp3) is 0.778. The van der Waals surface area contributed by atoms with Crippen molar-refractivity contribution in [2.24, 2.45) is 0 Å². The van der Waals surface area contributed by atoms with Crippen LogP contribution in [0.4, 0.5) is 4.79 Å². The number of methoxy groups -OCH3 is 2. The van der Waals surface area contributed by atoms with Gasteiger partial charge in [-0.3, -0.25) is 4.79 Å². The summed E-state index contributed by atoms with van der Waals surface area (Å²) in [6.07, 6.45) is -0.254. The number of carboxylic acids is 1. The van der Waals surface area contributed by atoms with Crippen LogP contribution in [0.15, 0.2) is 0 Å². The van der Waals surface area contributed by atoms with E-state index in [0.717, 1.165) is 0 Å². The van der Waals surface area contributed by atoms with Crippen molar-refractivity contribution in [3.63, 3.8) is 0 Å². The minimum absolute atomic E-state index is 0.252. The van der Waals surface area contributed by atoms with Crippen LogP contribution < -0.4 is 10.6 Å². The first-order chi connectivity index (χ1) is 7.51. The highest BCUT2D eigenvalue weighted by Gasteiger charge is 2.14. The van der Waals surface area contributed by atoms with Crippen molar-refractivity contribution < 1.29 is 24.2 Å². The van der Waals surface area contributed by atoms with Gasteiger partial charge in [0.15, 0.2) is 0 Å². The maximum Gasteiger partial charge on any atom is 0.325 e. The van der Waals surface area contributed by atoms with Crippen LogP contribution in [0.3, 0.4) is 0 Å². The molecule has 0 aromatic heterocycles. The third-order valence-electron chi connectivity index (χ3n) is 1.89. The van der Waals surface area contributed by atoms with Crippen molar-refractivity contribution in [2.45, 2.75) is 19.1 Å². The second-order valence-electron chi connectivity index (χ2n) is 3.23. The van der Waals surface area contributed by atoms with Crippen molar-refractivity contribution in [1.82, 2.24) is 10.6 Å². The topological polar surface area (TPSA) is 96.9 Å². The number of carboxylic acid groups (broad SMARTS) is 1. The molecule has 0 saturated heterocycles. The van der Waals surface area contributed by atoms with E-state index in [1.54, 1.807) is 0 Å². The first-order valence-corrected chi connectivity index (χ1v) is 4.80. The van der Waals surface area contributed by atoms with E-state index < -0.39 is 18.0 Å². The summed E-state index contributed by atoms with van der Waals surface area (Å²) in [5.41, 5.74) is 0. The number of urea groups is 1. The van der Waals surface area contributed by atoms with Crippen molar-refractivity contribution in [2.75, 3.05) is 27.4 Å². The number of hydrogen-bond donors (Lipinski definition) is 3. The Labute approximate surface area is 94.1 Å². The van der Waals surface area contributed by atoms with Crippen LogP contribution in [0.5, 0.6) is 0 Å². The predicted molar refractivity (Wildman–Crippen MR) is 56.3 cm³/mol. The highest BCUT2D eigenvalue weighted by Crippen LogP contribution is 1.88. The van der Waals surface area contributed by atoms with E-state index in [-0.39, 0.29) is 12.6 Å². The fourth-order valence-corrected chi connectivity index (χ4v) is 0.912. The molecule has 0 rings (SSSR count). The number of carbonyl (C=O) groups is 2. The Morgan fingerprint density at radius 2 is 2.00 bits per heavy atom. The van der Waals surface area contributed by atoms with E-state index >= 15 is 0 Å².